The molecule has 0 aromatic heterocycles. The second kappa shape index (κ2) is 4.71. The lowest BCUT2D eigenvalue weighted by atomic mass is 10.0. The molecule has 0 amide bonds. The third-order valence-corrected chi connectivity index (χ3v) is 3.46. The van der Waals surface area contributed by atoms with Gasteiger partial charge in [0, 0.05) is 12.6 Å². The highest BCUT2D eigenvalue weighted by atomic mass is 16.6. The smallest absolute Gasteiger partial charge is 0.292 e. The van der Waals surface area contributed by atoms with Gasteiger partial charge in [0.2, 0.25) is 0 Å². The van der Waals surface area contributed by atoms with Crippen LogP contribution in [0.2, 0.25) is 0 Å². The Labute approximate surface area is 99.8 Å². The van der Waals surface area contributed by atoms with Gasteiger partial charge in [-0.2, -0.15) is 0 Å². The molecule has 1 heterocycles. The van der Waals surface area contributed by atoms with E-state index in [1.165, 1.54) is 6.07 Å². The number of para-hydroxylation sites is 2. The van der Waals surface area contributed by atoms with Crippen LogP contribution in [0.1, 0.15) is 13.3 Å². The van der Waals surface area contributed by atoms with E-state index in [0.717, 1.165) is 13.0 Å². The molecule has 1 N–H and O–H groups in total. The van der Waals surface area contributed by atoms with Gasteiger partial charge in [0.15, 0.2) is 0 Å². The summed E-state index contributed by atoms with van der Waals surface area (Å²) in [5, 5.41) is 20.4. The zero-order valence-corrected chi connectivity index (χ0v) is 9.74. The lowest BCUT2D eigenvalue weighted by Gasteiger charge is -2.26. The van der Waals surface area contributed by atoms with Crippen LogP contribution in [-0.2, 0) is 0 Å². The van der Waals surface area contributed by atoms with Gasteiger partial charge in [-0.1, -0.05) is 19.1 Å². The Bertz CT molecular complexity index is 422. The Morgan fingerprint density at radius 3 is 2.88 bits per heavy atom. The second-order valence-corrected chi connectivity index (χ2v) is 4.46. The van der Waals surface area contributed by atoms with Crippen LogP contribution in [-0.4, -0.2) is 29.2 Å². The molecule has 0 aliphatic carbocycles. The lowest BCUT2D eigenvalue weighted by molar-refractivity contribution is -0.384. The van der Waals surface area contributed by atoms with Crippen molar-refractivity contribution in [3.8, 4) is 0 Å². The number of nitro groups is 1. The van der Waals surface area contributed by atoms with E-state index in [4.69, 9.17) is 0 Å². The fraction of sp³-hybridized carbons (Fsp3) is 0.500. The maximum Gasteiger partial charge on any atom is 0.292 e. The second-order valence-electron chi connectivity index (χ2n) is 4.46. The fourth-order valence-corrected chi connectivity index (χ4v) is 2.45. The average molecular weight is 236 g/mol. The Balaban J connectivity index is 2.37. The first kappa shape index (κ1) is 11.9. The number of hydrogen-bond acceptors (Lipinski definition) is 4. The van der Waals surface area contributed by atoms with Gasteiger partial charge in [-0.15, -0.1) is 0 Å². The molecule has 1 aromatic carbocycles. The van der Waals surface area contributed by atoms with Gasteiger partial charge in [0.25, 0.3) is 5.69 Å². The first-order valence-electron chi connectivity index (χ1n) is 5.76. The molecular formula is C12H16N2O3. The molecule has 1 aromatic rings. The van der Waals surface area contributed by atoms with E-state index in [1.54, 1.807) is 18.2 Å². The van der Waals surface area contributed by atoms with Gasteiger partial charge < -0.3 is 10.0 Å². The largest absolute Gasteiger partial charge is 0.394 e. The molecular weight excluding hydrogens is 220 g/mol. The summed E-state index contributed by atoms with van der Waals surface area (Å²) in [5.74, 6) is 0.361. The predicted octanol–water partition coefficient (Wildman–Crippen LogP) is 1.80. The Hall–Kier alpha value is -1.62. The van der Waals surface area contributed by atoms with Crippen LogP contribution in [0.5, 0.6) is 0 Å². The highest BCUT2D eigenvalue weighted by Crippen LogP contribution is 2.35. The van der Waals surface area contributed by atoms with Crippen LogP contribution in [0.4, 0.5) is 11.4 Å². The van der Waals surface area contributed by atoms with Crippen LogP contribution in [0, 0.1) is 16.0 Å². The summed E-state index contributed by atoms with van der Waals surface area (Å²) in [4.78, 5) is 12.6. The molecule has 1 fully saturated rings. The summed E-state index contributed by atoms with van der Waals surface area (Å²) in [6.07, 6.45) is 0.956. The maximum atomic E-state index is 11.0. The summed E-state index contributed by atoms with van der Waals surface area (Å²) in [5.41, 5.74) is 0.723. The van der Waals surface area contributed by atoms with E-state index >= 15 is 0 Å². The fourth-order valence-electron chi connectivity index (χ4n) is 2.45. The zero-order chi connectivity index (χ0) is 12.4. The van der Waals surface area contributed by atoms with Crippen molar-refractivity contribution in [2.45, 2.75) is 19.4 Å². The average Bonchev–Trinajstić information content (AvgIpc) is 2.70. The summed E-state index contributed by atoms with van der Waals surface area (Å²) in [6, 6.07) is 6.69. The van der Waals surface area contributed by atoms with Crippen molar-refractivity contribution in [1.82, 2.24) is 0 Å². The Morgan fingerprint density at radius 2 is 2.24 bits per heavy atom. The Morgan fingerprint density at radius 1 is 1.53 bits per heavy atom. The minimum Gasteiger partial charge on any atom is -0.394 e. The first-order valence-corrected chi connectivity index (χ1v) is 5.76. The number of anilines is 1. The molecule has 1 aliphatic heterocycles. The van der Waals surface area contributed by atoms with Crippen molar-refractivity contribution in [1.29, 1.82) is 0 Å². The number of aliphatic hydroxyl groups excluding tert-OH is 1. The molecule has 0 bridgehead atoms. The summed E-state index contributed by atoms with van der Waals surface area (Å²) in [7, 11) is 0. The third-order valence-electron chi connectivity index (χ3n) is 3.46. The van der Waals surface area contributed by atoms with E-state index in [2.05, 4.69) is 6.92 Å². The van der Waals surface area contributed by atoms with E-state index < -0.39 is 0 Å². The number of hydrogen-bond donors (Lipinski definition) is 1. The number of nitro benzene ring substituents is 1. The zero-order valence-electron chi connectivity index (χ0n) is 9.74. The molecule has 1 saturated heterocycles. The molecule has 2 rings (SSSR count). The topological polar surface area (TPSA) is 66.6 Å². The van der Waals surface area contributed by atoms with E-state index in [-0.39, 0.29) is 23.3 Å². The first-order chi connectivity index (χ1) is 8.15. The van der Waals surface area contributed by atoms with Crippen LogP contribution >= 0.6 is 0 Å². The highest BCUT2D eigenvalue weighted by molar-refractivity contribution is 5.64. The van der Waals surface area contributed by atoms with Gasteiger partial charge in [0.05, 0.1) is 17.6 Å². The van der Waals surface area contributed by atoms with E-state index in [0.29, 0.717) is 11.6 Å². The van der Waals surface area contributed by atoms with Crippen LogP contribution in [0.25, 0.3) is 0 Å². The number of rotatable bonds is 3. The van der Waals surface area contributed by atoms with Crippen molar-refractivity contribution in [2.24, 2.45) is 5.92 Å². The van der Waals surface area contributed by atoms with E-state index in [9.17, 15) is 15.2 Å². The van der Waals surface area contributed by atoms with Crippen molar-refractivity contribution in [3.63, 3.8) is 0 Å². The normalized spacial score (nSPS) is 24.0. The standard InChI is InChI=1S/C12H16N2O3/c1-9-6-7-13(12(9)8-15)10-4-2-3-5-11(10)14(16)17/h2-5,9,12,15H,6-8H2,1H3. The van der Waals surface area contributed by atoms with Crippen LogP contribution in [0.3, 0.4) is 0 Å². The van der Waals surface area contributed by atoms with Crippen LogP contribution in [0.15, 0.2) is 24.3 Å². The van der Waals surface area contributed by atoms with Crippen molar-refractivity contribution < 1.29 is 10.0 Å². The van der Waals surface area contributed by atoms with Crippen molar-refractivity contribution >= 4 is 11.4 Å². The molecule has 5 nitrogen and oxygen atoms in total. The van der Waals surface area contributed by atoms with Crippen molar-refractivity contribution in [3.05, 3.63) is 34.4 Å². The lowest BCUT2D eigenvalue weighted by Crippen LogP contribution is -2.35. The molecule has 17 heavy (non-hydrogen) atoms. The molecule has 0 saturated carbocycles. The highest BCUT2D eigenvalue weighted by Gasteiger charge is 2.33. The van der Waals surface area contributed by atoms with Crippen molar-refractivity contribution in [2.75, 3.05) is 18.1 Å². The summed E-state index contributed by atoms with van der Waals surface area (Å²) < 4.78 is 0. The molecule has 2 atom stereocenters. The quantitative estimate of drug-likeness (QED) is 0.642. The minimum absolute atomic E-state index is 0.0175. The van der Waals surface area contributed by atoms with Gasteiger partial charge in [-0.05, 0) is 18.4 Å². The molecule has 2 unspecified atom stereocenters. The minimum atomic E-state index is -0.368. The van der Waals surface area contributed by atoms with E-state index in [1.807, 2.05) is 4.90 Å². The van der Waals surface area contributed by atoms with Gasteiger partial charge >= 0.3 is 0 Å². The van der Waals surface area contributed by atoms with Gasteiger partial charge in [0.1, 0.15) is 5.69 Å². The molecule has 1 aliphatic rings. The van der Waals surface area contributed by atoms with Gasteiger partial charge in [-0.3, -0.25) is 10.1 Å². The third kappa shape index (κ3) is 2.10. The molecule has 0 spiro atoms. The SMILES string of the molecule is CC1CCN(c2ccccc2[N+](=O)[O-])C1CO. The number of aliphatic hydroxyl groups is 1. The predicted molar refractivity (Wildman–Crippen MR) is 65.1 cm³/mol. The maximum absolute atomic E-state index is 11.0. The molecule has 92 valence electrons. The number of benzene rings is 1. The summed E-state index contributed by atoms with van der Waals surface area (Å²) in [6.45, 7) is 2.86. The van der Waals surface area contributed by atoms with Crippen LogP contribution < -0.4 is 4.90 Å². The molecule has 0 radical (unpaired) electrons. The number of nitrogens with zero attached hydrogens (tertiary/aromatic N) is 2. The Kier molecular flexibility index (Phi) is 3.28. The molecule has 5 heteroatoms. The summed E-state index contributed by atoms with van der Waals surface area (Å²) >= 11 is 0. The van der Waals surface area contributed by atoms with Gasteiger partial charge in [-0.25, -0.2) is 0 Å². The monoisotopic (exact) mass is 236 g/mol.